The van der Waals surface area contributed by atoms with E-state index >= 15 is 0 Å². The van der Waals surface area contributed by atoms with E-state index in [4.69, 9.17) is 5.73 Å². The molecule has 0 saturated heterocycles. The highest BCUT2D eigenvalue weighted by atomic mass is 32.2. The van der Waals surface area contributed by atoms with Crippen molar-refractivity contribution in [2.24, 2.45) is 0 Å². The van der Waals surface area contributed by atoms with Crippen molar-refractivity contribution >= 4 is 28.6 Å². The number of carbonyl (C=O) groups excluding carboxylic acids is 1. The standard InChI is InChI=1S/C13H14F3NOS/c1-9(18)19-7-3-2-4-10-5-6-12(17)11(8-10)13(14,15)16/h2,4-6,8H,3,7,17H2,1H3. The van der Waals surface area contributed by atoms with Crippen LogP contribution in [-0.4, -0.2) is 10.9 Å². The quantitative estimate of drug-likeness (QED) is 0.673. The molecule has 0 unspecified atom stereocenters. The number of rotatable bonds is 4. The molecule has 0 aromatic heterocycles. The highest BCUT2D eigenvalue weighted by Crippen LogP contribution is 2.34. The van der Waals surface area contributed by atoms with Gasteiger partial charge in [-0.3, -0.25) is 4.79 Å². The first kappa shape index (κ1) is 15.6. The van der Waals surface area contributed by atoms with Crippen LogP contribution in [0.5, 0.6) is 0 Å². The van der Waals surface area contributed by atoms with Crippen LogP contribution in [0.1, 0.15) is 24.5 Å². The van der Waals surface area contributed by atoms with E-state index in [1.54, 1.807) is 12.2 Å². The second-order valence-corrected chi connectivity index (χ2v) is 5.15. The number of nitrogens with two attached hydrogens (primary N) is 1. The first-order valence-corrected chi connectivity index (χ1v) is 6.56. The molecule has 2 N–H and O–H groups in total. The van der Waals surface area contributed by atoms with Crippen LogP contribution in [0.3, 0.4) is 0 Å². The van der Waals surface area contributed by atoms with Gasteiger partial charge < -0.3 is 5.73 Å². The first-order chi connectivity index (χ1) is 8.80. The molecule has 0 spiro atoms. The molecule has 0 heterocycles. The topological polar surface area (TPSA) is 43.1 Å². The Bertz CT molecular complexity index is 483. The maximum Gasteiger partial charge on any atom is 0.418 e. The van der Waals surface area contributed by atoms with Crippen molar-refractivity contribution < 1.29 is 18.0 Å². The van der Waals surface area contributed by atoms with Crippen LogP contribution in [0.4, 0.5) is 18.9 Å². The zero-order chi connectivity index (χ0) is 14.5. The second kappa shape index (κ2) is 6.65. The van der Waals surface area contributed by atoms with Crippen molar-refractivity contribution in [1.82, 2.24) is 0 Å². The van der Waals surface area contributed by atoms with Gasteiger partial charge in [0, 0.05) is 18.4 Å². The molecule has 0 radical (unpaired) electrons. The predicted molar refractivity (Wildman–Crippen MR) is 72.6 cm³/mol. The third kappa shape index (κ3) is 5.38. The minimum Gasteiger partial charge on any atom is -0.398 e. The molecule has 0 aliphatic heterocycles. The van der Waals surface area contributed by atoms with Gasteiger partial charge in [-0.2, -0.15) is 13.2 Å². The van der Waals surface area contributed by atoms with Crippen LogP contribution >= 0.6 is 11.8 Å². The molecule has 0 aliphatic carbocycles. The molecule has 2 nitrogen and oxygen atoms in total. The number of nitrogen functional groups attached to an aromatic ring is 1. The summed E-state index contributed by atoms with van der Waals surface area (Å²) in [7, 11) is 0. The van der Waals surface area contributed by atoms with Gasteiger partial charge in [-0.15, -0.1) is 0 Å². The molecular weight excluding hydrogens is 275 g/mol. The average Bonchev–Trinajstić information content (AvgIpc) is 2.28. The summed E-state index contributed by atoms with van der Waals surface area (Å²) < 4.78 is 37.8. The average molecular weight is 289 g/mol. The van der Waals surface area contributed by atoms with Crippen LogP contribution in [0.15, 0.2) is 24.3 Å². The SMILES string of the molecule is CC(=O)SCCC=Cc1ccc(N)c(C(F)(F)F)c1. The van der Waals surface area contributed by atoms with E-state index in [9.17, 15) is 18.0 Å². The fourth-order valence-electron chi connectivity index (χ4n) is 1.41. The molecule has 104 valence electrons. The maximum absolute atomic E-state index is 12.6. The van der Waals surface area contributed by atoms with E-state index in [0.29, 0.717) is 17.7 Å². The summed E-state index contributed by atoms with van der Waals surface area (Å²) in [4.78, 5) is 10.7. The number of anilines is 1. The number of thioether (sulfide) groups is 1. The number of hydrogen-bond acceptors (Lipinski definition) is 3. The van der Waals surface area contributed by atoms with Crippen molar-refractivity contribution in [3.63, 3.8) is 0 Å². The summed E-state index contributed by atoms with van der Waals surface area (Å²) in [6.45, 7) is 1.48. The highest BCUT2D eigenvalue weighted by Gasteiger charge is 2.32. The van der Waals surface area contributed by atoms with Gasteiger partial charge >= 0.3 is 6.18 Å². The van der Waals surface area contributed by atoms with Gasteiger partial charge in [0.2, 0.25) is 0 Å². The van der Waals surface area contributed by atoms with Crippen molar-refractivity contribution in [3.8, 4) is 0 Å². The second-order valence-electron chi connectivity index (χ2n) is 3.88. The lowest BCUT2D eigenvalue weighted by Gasteiger charge is -2.10. The van der Waals surface area contributed by atoms with Crippen LogP contribution in [0.25, 0.3) is 6.08 Å². The zero-order valence-corrected chi connectivity index (χ0v) is 11.1. The predicted octanol–water partition coefficient (Wildman–Crippen LogP) is 3.97. The molecule has 0 atom stereocenters. The summed E-state index contributed by atoms with van der Waals surface area (Å²) in [5, 5.41) is 0.0280. The van der Waals surface area contributed by atoms with Crippen LogP contribution in [0, 0.1) is 0 Å². The Morgan fingerprint density at radius 3 is 2.68 bits per heavy atom. The molecule has 0 amide bonds. The molecule has 0 aliphatic rings. The van der Waals surface area contributed by atoms with Crippen molar-refractivity contribution in [3.05, 3.63) is 35.4 Å². The Hall–Kier alpha value is -1.43. The van der Waals surface area contributed by atoms with Crippen molar-refractivity contribution in [2.75, 3.05) is 11.5 Å². The van der Waals surface area contributed by atoms with Crippen LogP contribution in [-0.2, 0) is 11.0 Å². The van der Waals surface area contributed by atoms with Gasteiger partial charge in [-0.25, -0.2) is 0 Å². The van der Waals surface area contributed by atoms with Crippen LogP contribution < -0.4 is 5.73 Å². The summed E-state index contributed by atoms with van der Waals surface area (Å²) in [6.07, 6.45) is -0.495. The number of carbonyl (C=O) groups is 1. The lowest BCUT2D eigenvalue weighted by atomic mass is 10.1. The Morgan fingerprint density at radius 2 is 2.11 bits per heavy atom. The Labute approximate surface area is 113 Å². The fraction of sp³-hybridized carbons (Fsp3) is 0.308. The van der Waals surface area contributed by atoms with Crippen LogP contribution in [0.2, 0.25) is 0 Å². The van der Waals surface area contributed by atoms with Gasteiger partial charge in [0.1, 0.15) is 0 Å². The number of halogens is 3. The first-order valence-electron chi connectivity index (χ1n) is 5.57. The molecule has 19 heavy (non-hydrogen) atoms. The van der Waals surface area contributed by atoms with Gasteiger partial charge in [0.25, 0.3) is 0 Å². The highest BCUT2D eigenvalue weighted by molar-refractivity contribution is 8.13. The van der Waals surface area contributed by atoms with Gasteiger partial charge in [0.15, 0.2) is 5.12 Å². The third-order valence-electron chi connectivity index (χ3n) is 2.28. The molecule has 1 aromatic carbocycles. The smallest absolute Gasteiger partial charge is 0.398 e. The summed E-state index contributed by atoms with van der Waals surface area (Å²) in [5.74, 6) is 0.618. The van der Waals surface area contributed by atoms with E-state index < -0.39 is 11.7 Å². The summed E-state index contributed by atoms with van der Waals surface area (Å²) in [6, 6.07) is 3.79. The fourth-order valence-corrected chi connectivity index (χ4v) is 1.95. The van der Waals surface area contributed by atoms with E-state index in [1.807, 2.05) is 0 Å². The number of allylic oxidation sites excluding steroid dienone is 1. The van der Waals surface area contributed by atoms with Gasteiger partial charge in [-0.1, -0.05) is 30.0 Å². The van der Waals surface area contributed by atoms with Gasteiger partial charge in [-0.05, 0) is 24.1 Å². The number of benzene rings is 1. The minimum absolute atomic E-state index is 0.0280. The zero-order valence-electron chi connectivity index (χ0n) is 10.3. The molecule has 0 saturated carbocycles. The summed E-state index contributed by atoms with van der Waals surface area (Å²) >= 11 is 1.19. The van der Waals surface area contributed by atoms with Gasteiger partial charge in [0.05, 0.1) is 5.56 Å². The van der Waals surface area contributed by atoms with Crippen molar-refractivity contribution in [1.29, 1.82) is 0 Å². The lowest BCUT2D eigenvalue weighted by Crippen LogP contribution is -2.08. The molecule has 1 aromatic rings. The van der Waals surface area contributed by atoms with E-state index in [2.05, 4.69) is 0 Å². The number of alkyl halides is 3. The normalized spacial score (nSPS) is 12.0. The number of hydrogen-bond donors (Lipinski definition) is 1. The summed E-state index contributed by atoms with van der Waals surface area (Å²) in [5.41, 5.74) is 4.63. The molecular formula is C13H14F3NOS. The lowest BCUT2D eigenvalue weighted by molar-refractivity contribution is -0.136. The minimum atomic E-state index is -4.45. The monoisotopic (exact) mass is 289 g/mol. The molecule has 1 rings (SSSR count). The third-order valence-corrected chi connectivity index (χ3v) is 3.13. The van der Waals surface area contributed by atoms with E-state index in [1.165, 1.54) is 30.8 Å². The molecule has 0 bridgehead atoms. The largest absolute Gasteiger partial charge is 0.418 e. The van der Waals surface area contributed by atoms with E-state index in [-0.39, 0.29) is 10.8 Å². The van der Waals surface area contributed by atoms with E-state index in [0.717, 1.165) is 6.07 Å². The molecule has 6 heteroatoms. The van der Waals surface area contributed by atoms with Crippen molar-refractivity contribution in [2.45, 2.75) is 19.5 Å². The Kier molecular flexibility index (Phi) is 5.47. The maximum atomic E-state index is 12.6. The molecule has 0 fully saturated rings. The Morgan fingerprint density at radius 1 is 1.42 bits per heavy atom. The Balaban J connectivity index is 2.70.